The second kappa shape index (κ2) is 8.75. The second-order valence-corrected chi connectivity index (χ2v) is 9.26. The van der Waals surface area contributed by atoms with E-state index in [1.54, 1.807) is 23.2 Å². The van der Waals surface area contributed by atoms with E-state index >= 15 is 4.39 Å². The van der Waals surface area contributed by atoms with Gasteiger partial charge in [0.25, 0.3) is 6.43 Å². The van der Waals surface area contributed by atoms with E-state index in [2.05, 4.69) is 15.4 Å². The number of alkyl halides is 3. The molecule has 0 radical (unpaired) electrons. The standard InChI is InChI=1S/C19H24F3N5O2S/c1-12-10-14(4-7-23-12)24-18(28)27-8-5-13(6-9-27)19(2,22)30(29)15-11-26(3)25-16(15)17(20)21/h4,7,10-11,13,17H,5-6,8-9H2,1-3H3,(H,23,24,28). The molecule has 3 rings (SSSR count). The summed E-state index contributed by atoms with van der Waals surface area (Å²) in [7, 11) is -0.895. The summed E-state index contributed by atoms with van der Waals surface area (Å²) < 4.78 is 55.8. The summed E-state index contributed by atoms with van der Waals surface area (Å²) in [5, 5.41) is 4.16. The number of nitrogens with zero attached hydrogens (tertiary/aromatic N) is 4. The molecule has 2 atom stereocenters. The van der Waals surface area contributed by atoms with Crippen molar-refractivity contribution in [3.05, 3.63) is 35.9 Å². The van der Waals surface area contributed by atoms with Crippen LogP contribution in [0.4, 0.5) is 23.7 Å². The van der Waals surface area contributed by atoms with E-state index in [0.29, 0.717) is 5.69 Å². The lowest BCUT2D eigenvalue weighted by atomic mass is 9.92. The van der Waals surface area contributed by atoms with Crippen LogP contribution in [0.1, 0.15) is 37.6 Å². The number of carbonyl (C=O) groups is 1. The Morgan fingerprint density at radius 1 is 1.37 bits per heavy atom. The largest absolute Gasteiger partial charge is 0.325 e. The second-order valence-electron chi connectivity index (χ2n) is 7.48. The van der Waals surface area contributed by atoms with Gasteiger partial charge < -0.3 is 10.2 Å². The Hall–Kier alpha value is -2.43. The van der Waals surface area contributed by atoms with Gasteiger partial charge in [0.1, 0.15) is 5.69 Å². The number of likely N-dealkylation sites (tertiary alicyclic amines) is 1. The third-order valence-electron chi connectivity index (χ3n) is 5.25. The maximum absolute atomic E-state index is 15.5. The fourth-order valence-electron chi connectivity index (χ4n) is 3.57. The van der Waals surface area contributed by atoms with Crippen LogP contribution in [-0.2, 0) is 17.8 Å². The van der Waals surface area contributed by atoms with Gasteiger partial charge >= 0.3 is 6.03 Å². The lowest BCUT2D eigenvalue weighted by Gasteiger charge is -2.37. The number of urea groups is 1. The number of rotatable bonds is 5. The van der Waals surface area contributed by atoms with Crippen molar-refractivity contribution in [1.29, 1.82) is 0 Å². The number of hydrogen-bond donors (Lipinski definition) is 1. The summed E-state index contributed by atoms with van der Waals surface area (Å²) in [6.07, 6.45) is 0.364. The smallest absolute Gasteiger partial charge is 0.321 e. The number of pyridine rings is 1. The molecule has 0 spiro atoms. The van der Waals surface area contributed by atoms with Crippen LogP contribution in [-0.4, -0.2) is 48.0 Å². The lowest BCUT2D eigenvalue weighted by molar-refractivity contribution is 0.120. The Balaban J connectivity index is 1.65. The molecule has 0 aromatic carbocycles. The predicted molar refractivity (Wildman–Crippen MR) is 106 cm³/mol. The van der Waals surface area contributed by atoms with Crippen molar-refractivity contribution in [2.24, 2.45) is 13.0 Å². The highest BCUT2D eigenvalue weighted by Crippen LogP contribution is 2.39. The average Bonchev–Trinajstić information content (AvgIpc) is 3.09. The van der Waals surface area contributed by atoms with Crippen LogP contribution in [0.15, 0.2) is 29.4 Å². The molecule has 0 saturated carbocycles. The minimum Gasteiger partial charge on any atom is -0.325 e. The quantitative estimate of drug-likeness (QED) is 0.762. The summed E-state index contributed by atoms with van der Waals surface area (Å²) in [6, 6.07) is 3.10. The molecule has 11 heteroatoms. The molecule has 1 aliphatic rings. The summed E-state index contributed by atoms with van der Waals surface area (Å²) in [4.78, 5) is 17.8. The van der Waals surface area contributed by atoms with Crippen LogP contribution >= 0.6 is 0 Å². The number of halogens is 3. The fraction of sp³-hybridized carbons (Fsp3) is 0.526. The summed E-state index contributed by atoms with van der Waals surface area (Å²) >= 11 is 0. The molecule has 2 aromatic rings. The Labute approximate surface area is 175 Å². The molecule has 30 heavy (non-hydrogen) atoms. The molecule has 2 aromatic heterocycles. The van der Waals surface area contributed by atoms with Crippen LogP contribution < -0.4 is 5.32 Å². The molecule has 1 N–H and O–H groups in total. The van der Waals surface area contributed by atoms with Gasteiger partial charge in [-0.05, 0) is 38.8 Å². The van der Waals surface area contributed by atoms with Crippen LogP contribution in [0.3, 0.4) is 0 Å². The van der Waals surface area contributed by atoms with E-state index in [9.17, 15) is 17.8 Å². The molecule has 7 nitrogen and oxygen atoms in total. The normalized spacial score (nSPS) is 18.3. The van der Waals surface area contributed by atoms with Gasteiger partial charge in [-0.3, -0.25) is 13.9 Å². The molecule has 164 valence electrons. The topological polar surface area (TPSA) is 80.1 Å². The third kappa shape index (κ3) is 4.66. The first-order valence-electron chi connectivity index (χ1n) is 9.50. The zero-order valence-electron chi connectivity index (χ0n) is 16.9. The van der Waals surface area contributed by atoms with E-state index in [-0.39, 0.29) is 36.9 Å². The molecule has 3 heterocycles. The Morgan fingerprint density at radius 3 is 2.63 bits per heavy atom. The van der Waals surface area contributed by atoms with E-state index in [1.165, 1.54) is 20.2 Å². The predicted octanol–water partition coefficient (Wildman–Crippen LogP) is 3.80. The number of hydrogen-bond acceptors (Lipinski definition) is 4. The SMILES string of the molecule is Cc1cc(NC(=O)N2CCC(C(C)(F)S(=O)c3cn(C)nc3C(F)F)CC2)ccn1. The minimum absolute atomic E-state index is 0.270. The molecule has 0 aliphatic carbocycles. The molecule has 1 aliphatic heterocycles. The molecular formula is C19H24F3N5O2S. The van der Waals surface area contributed by atoms with E-state index in [1.807, 2.05) is 6.92 Å². The lowest BCUT2D eigenvalue weighted by Crippen LogP contribution is -2.46. The summed E-state index contributed by atoms with van der Waals surface area (Å²) in [5.41, 5.74) is 0.715. The van der Waals surface area contributed by atoms with Crippen LogP contribution in [0.2, 0.25) is 0 Å². The minimum atomic E-state index is -2.94. The summed E-state index contributed by atoms with van der Waals surface area (Å²) in [6.45, 7) is 3.52. The number of carbonyl (C=O) groups excluding carboxylic acids is 1. The van der Waals surface area contributed by atoms with Crippen molar-refractivity contribution < 1.29 is 22.2 Å². The molecule has 1 fully saturated rings. The van der Waals surface area contributed by atoms with Crippen LogP contribution in [0.25, 0.3) is 0 Å². The number of amides is 2. The zero-order chi connectivity index (χ0) is 22.1. The van der Waals surface area contributed by atoms with E-state index in [4.69, 9.17) is 0 Å². The first-order chi connectivity index (χ1) is 14.1. The van der Waals surface area contributed by atoms with Crippen molar-refractivity contribution >= 4 is 22.5 Å². The molecule has 1 saturated heterocycles. The highest BCUT2D eigenvalue weighted by atomic mass is 32.2. The van der Waals surface area contributed by atoms with Gasteiger partial charge in [-0.1, -0.05) is 0 Å². The van der Waals surface area contributed by atoms with Gasteiger partial charge in [0.05, 0.1) is 15.7 Å². The molecule has 2 unspecified atom stereocenters. The van der Waals surface area contributed by atoms with Crippen molar-refractivity contribution in [2.75, 3.05) is 18.4 Å². The van der Waals surface area contributed by atoms with Crippen molar-refractivity contribution in [2.45, 2.75) is 43.0 Å². The first-order valence-corrected chi connectivity index (χ1v) is 10.7. The van der Waals surface area contributed by atoms with Crippen molar-refractivity contribution in [1.82, 2.24) is 19.7 Å². The molecule has 2 amide bonds. The monoisotopic (exact) mass is 443 g/mol. The number of nitrogens with one attached hydrogen (secondary N) is 1. The van der Waals surface area contributed by atoms with Gasteiger partial charge in [-0.2, -0.15) is 5.10 Å². The zero-order valence-corrected chi connectivity index (χ0v) is 17.8. The number of piperidine rings is 1. The molecule has 0 bridgehead atoms. The fourth-order valence-corrected chi connectivity index (χ4v) is 5.10. The number of anilines is 1. The van der Waals surface area contributed by atoms with Gasteiger partial charge in [0.2, 0.25) is 0 Å². The third-order valence-corrected chi connectivity index (χ3v) is 7.02. The van der Waals surface area contributed by atoms with Gasteiger partial charge in [-0.15, -0.1) is 0 Å². The Morgan fingerprint density at radius 2 is 2.03 bits per heavy atom. The summed E-state index contributed by atoms with van der Waals surface area (Å²) in [5.74, 6) is -0.642. The Bertz CT molecular complexity index is 942. The number of aryl methyl sites for hydroxylation is 2. The first kappa shape index (κ1) is 22.3. The maximum atomic E-state index is 15.5. The van der Waals surface area contributed by atoms with Crippen molar-refractivity contribution in [3.63, 3.8) is 0 Å². The highest BCUT2D eigenvalue weighted by molar-refractivity contribution is 7.86. The van der Waals surface area contributed by atoms with E-state index in [0.717, 1.165) is 10.4 Å². The van der Waals surface area contributed by atoms with Gasteiger partial charge in [0, 0.05) is 49.8 Å². The van der Waals surface area contributed by atoms with E-state index < -0.39 is 33.8 Å². The average molecular weight is 443 g/mol. The van der Waals surface area contributed by atoms with Crippen LogP contribution in [0.5, 0.6) is 0 Å². The van der Waals surface area contributed by atoms with Gasteiger partial charge in [0.15, 0.2) is 5.00 Å². The van der Waals surface area contributed by atoms with Crippen LogP contribution in [0, 0.1) is 12.8 Å². The molecular weight excluding hydrogens is 419 g/mol. The Kier molecular flexibility index (Phi) is 6.49. The number of aromatic nitrogens is 3. The van der Waals surface area contributed by atoms with Crippen molar-refractivity contribution in [3.8, 4) is 0 Å². The highest BCUT2D eigenvalue weighted by Gasteiger charge is 2.44. The van der Waals surface area contributed by atoms with Gasteiger partial charge in [-0.25, -0.2) is 18.0 Å². The maximum Gasteiger partial charge on any atom is 0.321 e.